The average Bonchev–Trinajstić information content (AvgIpc) is 3.21. The number of benzene rings is 1. The molecule has 0 aliphatic heterocycles. The minimum Gasteiger partial charge on any atom is -0.393 e. The molecule has 0 amide bonds. The van der Waals surface area contributed by atoms with Crippen LogP contribution in [0.1, 0.15) is 97.5 Å². The highest BCUT2D eigenvalue weighted by atomic mass is 32.2. The van der Waals surface area contributed by atoms with Gasteiger partial charge in [-0.3, -0.25) is 0 Å². The number of hydrogen-bond acceptors (Lipinski definition) is 3. The van der Waals surface area contributed by atoms with Gasteiger partial charge in [0.2, 0.25) is 10.0 Å². The molecule has 0 aromatic heterocycles. The maximum atomic E-state index is 12.6. The molecule has 0 spiro atoms. The highest BCUT2D eigenvalue weighted by Gasteiger charge is 2.62. The van der Waals surface area contributed by atoms with Gasteiger partial charge in [-0.2, -0.15) is 0 Å². The fourth-order valence-electron chi connectivity index (χ4n) is 10.4. The zero-order chi connectivity index (χ0) is 26.4. The highest BCUT2D eigenvalue weighted by molar-refractivity contribution is 7.88. The monoisotopic (exact) mass is 529 g/mol. The largest absolute Gasteiger partial charge is 0.393 e. The molecule has 4 aliphatic carbocycles. The fraction of sp³-hybridized carbons (Fsp3) is 0.812. The summed E-state index contributed by atoms with van der Waals surface area (Å²) in [7, 11) is -3.31. The molecule has 4 nitrogen and oxygen atoms in total. The van der Waals surface area contributed by atoms with Crippen molar-refractivity contribution in [1.82, 2.24) is 4.72 Å². The second kappa shape index (κ2) is 10.6. The number of fused-ring (bicyclic) bond motifs is 5. The molecule has 0 bridgehead atoms. The van der Waals surface area contributed by atoms with Crippen molar-refractivity contribution in [1.29, 1.82) is 0 Å². The summed E-state index contributed by atoms with van der Waals surface area (Å²) in [5.41, 5.74) is 1.64. The van der Waals surface area contributed by atoms with Crippen LogP contribution in [0.25, 0.3) is 0 Å². The summed E-state index contributed by atoms with van der Waals surface area (Å²) in [6.07, 6.45) is 12.0. The van der Waals surface area contributed by atoms with Gasteiger partial charge in [0.1, 0.15) is 0 Å². The van der Waals surface area contributed by atoms with Crippen molar-refractivity contribution in [3.8, 4) is 0 Å². The molecular weight excluding hydrogens is 478 g/mol. The number of nitrogens with one attached hydrogen (secondary N) is 1. The molecule has 4 fully saturated rings. The van der Waals surface area contributed by atoms with E-state index in [4.69, 9.17) is 0 Å². The molecule has 5 heteroatoms. The molecule has 1 aromatic carbocycles. The molecule has 4 aliphatic rings. The van der Waals surface area contributed by atoms with Gasteiger partial charge in [-0.1, -0.05) is 64.4 Å². The summed E-state index contributed by atoms with van der Waals surface area (Å²) >= 11 is 0. The van der Waals surface area contributed by atoms with E-state index in [2.05, 4.69) is 32.4 Å². The van der Waals surface area contributed by atoms with E-state index in [1.807, 2.05) is 30.3 Å². The molecule has 0 radical (unpaired) electrons. The summed E-state index contributed by atoms with van der Waals surface area (Å²) in [5.74, 6) is 5.22. The number of rotatable bonds is 8. The van der Waals surface area contributed by atoms with Gasteiger partial charge in [-0.15, -0.1) is 0 Å². The smallest absolute Gasteiger partial charge is 0.215 e. The molecule has 5 rings (SSSR count). The van der Waals surface area contributed by atoms with Crippen LogP contribution in [-0.4, -0.2) is 26.2 Å². The van der Waals surface area contributed by atoms with E-state index in [0.29, 0.717) is 35.1 Å². The Bertz CT molecular complexity index is 1030. The Hall–Kier alpha value is -0.910. The summed E-state index contributed by atoms with van der Waals surface area (Å²) in [5, 5.41) is 10.5. The van der Waals surface area contributed by atoms with Crippen LogP contribution in [0.15, 0.2) is 30.3 Å². The topological polar surface area (TPSA) is 66.4 Å². The number of aliphatic hydroxyl groups is 1. The first-order valence-corrected chi connectivity index (χ1v) is 16.9. The third kappa shape index (κ3) is 5.18. The molecule has 4 unspecified atom stereocenters. The van der Waals surface area contributed by atoms with E-state index < -0.39 is 10.0 Å². The van der Waals surface area contributed by atoms with Gasteiger partial charge in [-0.05, 0) is 116 Å². The van der Waals surface area contributed by atoms with Gasteiger partial charge >= 0.3 is 0 Å². The first kappa shape index (κ1) is 27.6. The van der Waals surface area contributed by atoms with E-state index in [-0.39, 0.29) is 11.9 Å². The van der Waals surface area contributed by atoms with Crippen LogP contribution in [0, 0.1) is 52.3 Å². The van der Waals surface area contributed by atoms with Crippen molar-refractivity contribution in [2.45, 2.75) is 104 Å². The first-order chi connectivity index (χ1) is 17.6. The molecule has 208 valence electrons. The first-order valence-electron chi connectivity index (χ1n) is 15.3. The molecule has 10 atom stereocenters. The van der Waals surface area contributed by atoms with Crippen LogP contribution in [0.4, 0.5) is 0 Å². The lowest BCUT2D eigenvalue weighted by molar-refractivity contribution is -0.152. The van der Waals surface area contributed by atoms with Crippen molar-refractivity contribution in [2.75, 3.05) is 6.54 Å². The highest BCUT2D eigenvalue weighted by Crippen LogP contribution is 2.69. The molecule has 37 heavy (non-hydrogen) atoms. The normalized spacial score (nSPS) is 42.5. The third-order valence-corrected chi connectivity index (χ3v) is 13.6. The van der Waals surface area contributed by atoms with Gasteiger partial charge < -0.3 is 5.11 Å². The summed E-state index contributed by atoms with van der Waals surface area (Å²) < 4.78 is 28.2. The van der Waals surface area contributed by atoms with E-state index in [1.54, 1.807) is 0 Å². The van der Waals surface area contributed by atoms with Crippen LogP contribution >= 0.6 is 0 Å². The number of sulfonamides is 1. The Morgan fingerprint density at radius 2 is 1.68 bits per heavy atom. The van der Waals surface area contributed by atoms with Gasteiger partial charge in [-0.25, -0.2) is 13.1 Å². The molecule has 0 heterocycles. The predicted molar refractivity (Wildman–Crippen MR) is 151 cm³/mol. The standard InChI is InChI=1S/C32H51NO3S/c1-5-24-19-26-28-12-11-27(22(2)15-18-33-37(35,36)21-23-9-7-6-8-10-23)31(28,3)17-14-29(26)32(4)16-13-25(34)20-30(24)32/h6-10,22,24-30,33-34H,5,11-21H2,1-4H3/t22-,24+,25-,26+,27?,28+,29+,30?,31?,32?/m1/s1. The average molecular weight is 530 g/mol. The fourth-order valence-corrected chi connectivity index (χ4v) is 11.6. The summed E-state index contributed by atoms with van der Waals surface area (Å²) in [4.78, 5) is 0. The van der Waals surface area contributed by atoms with Crippen LogP contribution in [0.5, 0.6) is 0 Å². The SMILES string of the molecule is CC[C@H]1C[C@@H]2[C@H](CCC3(C)C([C@H](C)CCNS(=O)(=O)Cc4ccccc4)CC[C@@H]23)C2(C)CC[C@@H](O)CC12. The van der Waals surface area contributed by atoms with Crippen molar-refractivity contribution in [2.24, 2.45) is 52.3 Å². The molecule has 4 saturated carbocycles. The summed E-state index contributed by atoms with van der Waals surface area (Å²) in [6, 6.07) is 9.47. The Kier molecular flexibility index (Phi) is 7.90. The lowest BCUT2D eigenvalue weighted by Gasteiger charge is -2.63. The molecule has 0 saturated heterocycles. The quantitative estimate of drug-likeness (QED) is 0.390. The maximum absolute atomic E-state index is 12.6. The van der Waals surface area contributed by atoms with Crippen LogP contribution in [-0.2, 0) is 15.8 Å². The van der Waals surface area contributed by atoms with Crippen molar-refractivity contribution >= 4 is 10.0 Å². The number of hydrogen-bond donors (Lipinski definition) is 2. The van der Waals surface area contributed by atoms with Gasteiger partial charge in [0.05, 0.1) is 11.9 Å². The van der Waals surface area contributed by atoms with E-state index in [1.165, 1.54) is 44.9 Å². The Labute approximate surface area is 226 Å². The van der Waals surface area contributed by atoms with Crippen LogP contribution in [0.3, 0.4) is 0 Å². The molecule has 2 N–H and O–H groups in total. The van der Waals surface area contributed by atoms with E-state index in [9.17, 15) is 13.5 Å². The lowest BCUT2D eigenvalue weighted by atomic mass is 9.42. The second-order valence-corrected chi connectivity index (χ2v) is 15.8. The lowest BCUT2D eigenvalue weighted by Crippen LogP contribution is -2.56. The second-order valence-electron chi connectivity index (χ2n) is 14.0. The zero-order valence-corrected chi connectivity index (χ0v) is 24.5. The molecule has 1 aromatic rings. The van der Waals surface area contributed by atoms with E-state index >= 15 is 0 Å². The summed E-state index contributed by atoms with van der Waals surface area (Å²) in [6.45, 7) is 10.5. The van der Waals surface area contributed by atoms with Crippen molar-refractivity contribution < 1.29 is 13.5 Å². The van der Waals surface area contributed by atoms with Crippen LogP contribution < -0.4 is 4.72 Å². The van der Waals surface area contributed by atoms with Gasteiger partial charge in [0, 0.05) is 6.54 Å². The Morgan fingerprint density at radius 3 is 2.41 bits per heavy atom. The number of aliphatic hydroxyl groups excluding tert-OH is 1. The van der Waals surface area contributed by atoms with Gasteiger partial charge in [0.15, 0.2) is 0 Å². The van der Waals surface area contributed by atoms with Crippen molar-refractivity contribution in [3.63, 3.8) is 0 Å². The predicted octanol–water partition coefficient (Wildman–Crippen LogP) is 6.79. The van der Waals surface area contributed by atoms with Crippen molar-refractivity contribution in [3.05, 3.63) is 35.9 Å². The minimum absolute atomic E-state index is 0.0594. The zero-order valence-electron chi connectivity index (χ0n) is 23.7. The maximum Gasteiger partial charge on any atom is 0.215 e. The Morgan fingerprint density at radius 1 is 0.973 bits per heavy atom. The van der Waals surface area contributed by atoms with Gasteiger partial charge in [0.25, 0.3) is 0 Å². The van der Waals surface area contributed by atoms with E-state index in [0.717, 1.165) is 48.5 Å². The molecular formula is C32H51NO3S. The minimum atomic E-state index is -3.31. The van der Waals surface area contributed by atoms with Crippen LogP contribution in [0.2, 0.25) is 0 Å². The Balaban J connectivity index is 1.23. The third-order valence-electron chi connectivity index (χ3n) is 12.2.